The number of amides is 1. The quantitative estimate of drug-likeness (QED) is 0.653. The van der Waals surface area contributed by atoms with Crippen molar-refractivity contribution in [3.05, 3.63) is 54.1 Å². The monoisotopic (exact) mass is 459 g/mol. The van der Waals surface area contributed by atoms with Gasteiger partial charge in [-0.15, -0.1) is 0 Å². The van der Waals surface area contributed by atoms with Crippen LogP contribution >= 0.6 is 0 Å². The molecule has 1 N–H and O–H groups in total. The standard InChI is InChI=1S/C24H33N3O4S/c1-5-18(2)20-9-11-23(12-10-20)32(29,30)27-15-13-26(14-16-27)19(3)24(28)25-21-7-6-8-22(17-21)31-4/h6-12,17-19H,5,13-16H2,1-4H3,(H,25,28)/t18-,19+/m1/s1. The molecule has 0 radical (unpaired) electrons. The summed E-state index contributed by atoms with van der Waals surface area (Å²) in [4.78, 5) is 15.0. The number of ether oxygens (including phenoxy) is 1. The fourth-order valence-electron chi connectivity index (χ4n) is 3.80. The minimum atomic E-state index is -3.54. The van der Waals surface area contributed by atoms with Crippen LogP contribution < -0.4 is 10.1 Å². The molecule has 0 unspecified atom stereocenters. The normalized spacial score (nSPS) is 17.5. The molecule has 8 heteroatoms. The van der Waals surface area contributed by atoms with E-state index < -0.39 is 10.0 Å². The van der Waals surface area contributed by atoms with Gasteiger partial charge in [0.25, 0.3) is 0 Å². The molecule has 1 saturated heterocycles. The first-order valence-electron chi connectivity index (χ1n) is 11.0. The number of methoxy groups -OCH3 is 1. The van der Waals surface area contributed by atoms with E-state index in [1.807, 2.05) is 42.2 Å². The SMILES string of the molecule is CC[C@@H](C)c1ccc(S(=O)(=O)N2CCN([C@@H](C)C(=O)Nc3cccc(OC)c3)CC2)cc1. The number of benzene rings is 2. The Bertz CT molecular complexity index is 1020. The van der Waals surface area contributed by atoms with E-state index in [2.05, 4.69) is 19.2 Å². The number of sulfonamides is 1. The molecule has 1 heterocycles. The Hall–Kier alpha value is -2.42. The fourth-order valence-corrected chi connectivity index (χ4v) is 5.22. The van der Waals surface area contributed by atoms with Crippen molar-refractivity contribution >= 4 is 21.6 Å². The van der Waals surface area contributed by atoms with Gasteiger partial charge in [-0.2, -0.15) is 4.31 Å². The van der Waals surface area contributed by atoms with Crippen LogP contribution in [0, 0.1) is 0 Å². The third-order valence-corrected chi connectivity index (χ3v) is 8.15. The van der Waals surface area contributed by atoms with Crippen molar-refractivity contribution in [2.75, 3.05) is 38.6 Å². The van der Waals surface area contributed by atoms with Crippen LogP contribution in [0.2, 0.25) is 0 Å². The summed E-state index contributed by atoms with van der Waals surface area (Å²) in [7, 11) is -1.96. The van der Waals surface area contributed by atoms with Crippen molar-refractivity contribution in [2.24, 2.45) is 0 Å². The molecule has 2 aromatic carbocycles. The van der Waals surface area contributed by atoms with Crippen molar-refractivity contribution in [1.29, 1.82) is 0 Å². The molecule has 1 fully saturated rings. The molecule has 0 saturated carbocycles. The fraction of sp³-hybridized carbons (Fsp3) is 0.458. The second-order valence-electron chi connectivity index (χ2n) is 8.22. The molecule has 0 bridgehead atoms. The Morgan fingerprint density at radius 2 is 1.72 bits per heavy atom. The number of carbonyl (C=O) groups excluding carboxylic acids is 1. The van der Waals surface area contributed by atoms with Gasteiger partial charge in [0, 0.05) is 37.9 Å². The van der Waals surface area contributed by atoms with E-state index in [4.69, 9.17) is 4.74 Å². The first-order chi connectivity index (χ1) is 15.3. The smallest absolute Gasteiger partial charge is 0.243 e. The Morgan fingerprint density at radius 1 is 1.06 bits per heavy atom. The zero-order chi connectivity index (χ0) is 23.3. The highest BCUT2D eigenvalue weighted by Gasteiger charge is 2.31. The summed E-state index contributed by atoms with van der Waals surface area (Å²) < 4.78 is 32.8. The van der Waals surface area contributed by atoms with Gasteiger partial charge in [-0.3, -0.25) is 9.69 Å². The predicted octanol–water partition coefficient (Wildman–Crippen LogP) is 3.54. The van der Waals surface area contributed by atoms with Gasteiger partial charge >= 0.3 is 0 Å². The second kappa shape index (κ2) is 10.5. The Balaban J connectivity index is 1.59. The van der Waals surface area contributed by atoms with Crippen LogP contribution in [-0.2, 0) is 14.8 Å². The maximum absolute atomic E-state index is 13.1. The Kier molecular flexibility index (Phi) is 7.92. The van der Waals surface area contributed by atoms with Gasteiger partial charge in [0.2, 0.25) is 15.9 Å². The number of piperazine rings is 1. The molecule has 2 aromatic rings. The molecule has 2 atom stereocenters. The van der Waals surface area contributed by atoms with E-state index >= 15 is 0 Å². The molecular formula is C24H33N3O4S. The summed E-state index contributed by atoms with van der Waals surface area (Å²) in [6, 6.07) is 14.0. The van der Waals surface area contributed by atoms with Gasteiger partial charge in [-0.25, -0.2) is 8.42 Å². The van der Waals surface area contributed by atoms with Crippen LogP contribution in [0.25, 0.3) is 0 Å². The first kappa shape index (κ1) is 24.2. The number of rotatable bonds is 8. The molecule has 174 valence electrons. The molecule has 1 amide bonds. The summed E-state index contributed by atoms with van der Waals surface area (Å²) in [5, 5.41) is 2.91. The van der Waals surface area contributed by atoms with E-state index in [1.54, 1.807) is 25.3 Å². The highest BCUT2D eigenvalue weighted by molar-refractivity contribution is 7.89. The summed E-state index contributed by atoms with van der Waals surface area (Å²) >= 11 is 0. The van der Waals surface area contributed by atoms with Crippen LogP contribution in [0.3, 0.4) is 0 Å². The lowest BCUT2D eigenvalue weighted by Crippen LogP contribution is -2.53. The van der Waals surface area contributed by atoms with Gasteiger partial charge in [-0.1, -0.05) is 32.0 Å². The summed E-state index contributed by atoms with van der Waals surface area (Å²) in [6.45, 7) is 7.79. The molecule has 32 heavy (non-hydrogen) atoms. The maximum Gasteiger partial charge on any atom is 0.243 e. The van der Waals surface area contributed by atoms with Crippen molar-refractivity contribution in [1.82, 2.24) is 9.21 Å². The van der Waals surface area contributed by atoms with Crippen LogP contribution in [0.4, 0.5) is 5.69 Å². The van der Waals surface area contributed by atoms with Crippen LogP contribution in [-0.4, -0.2) is 62.9 Å². The molecule has 3 rings (SSSR count). The van der Waals surface area contributed by atoms with Crippen molar-refractivity contribution in [2.45, 2.75) is 44.0 Å². The minimum absolute atomic E-state index is 0.129. The topological polar surface area (TPSA) is 79.0 Å². The van der Waals surface area contributed by atoms with Crippen molar-refractivity contribution in [3.8, 4) is 5.75 Å². The third kappa shape index (κ3) is 5.49. The lowest BCUT2D eigenvalue weighted by atomic mass is 9.99. The Morgan fingerprint density at radius 3 is 2.31 bits per heavy atom. The average molecular weight is 460 g/mol. The predicted molar refractivity (Wildman–Crippen MR) is 127 cm³/mol. The molecule has 0 aromatic heterocycles. The first-order valence-corrected chi connectivity index (χ1v) is 12.5. The lowest BCUT2D eigenvalue weighted by molar-refractivity contribution is -0.121. The highest BCUT2D eigenvalue weighted by Crippen LogP contribution is 2.23. The lowest BCUT2D eigenvalue weighted by Gasteiger charge is -2.36. The molecule has 1 aliphatic heterocycles. The minimum Gasteiger partial charge on any atom is -0.497 e. The van der Waals surface area contributed by atoms with Crippen molar-refractivity contribution in [3.63, 3.8) is 0 Å². The number of hydrogen-bond donors (Lipinski definition) is 1. The van der Waals surface area contributed by atoms with Gasteiger partial charge in [0.1, 0.15) is 5.75 Å². The number of nitrogens with one attached hydrogen (secondary N) is 1. The van der Waals surface area contributed by atoms with Gasteiger partial charge < -0.3 is 10.1 Å². The number of anilines is 1. The van der Waals surface area contributed by atoms with E-state index in [0.29, 0.717) is 48.4 Å². The zero-order valence-corrected chi connectivity index (χ0v) is 20.1. The van der Waals surface area contributed by atoms with E-state index in [1.165, 1.54) is 4.31 Å². The maximum atomic E-state index is 13.1. The summed E-state index contributed by atoms with van der Waals surface area (Å²) in [6.07, 6.45) is 1.01. The molecular weight excluding hydrogens is 426 g/mol. The van der Waals surface area contributed by atoms with E-state index in [9.17, 15) is 13.2 Å². The molecule has 7 nitrogen and oxygen atoms in total. The van der Waals surface area contributed by atoms with Crippen molar-refractivity contribution < 1.29 is 17.9 Å². The molecule has 0 spiro atoms. The van der Waals surface area contributed by atoms with E-state index in [-0.39, 0.29) is 11.9 Å². The summed E-state index contributed by atoms with van der Waals surface area (Å²) in [5.41, 5.74) is 1.82. The second-order valence-corrected chi connectivity index (χ2v) is 10.2. The molecule has 1 aliphatic rings. The number of nitrogens with zero attached hydrogens (tertiary/aromatic N) is 2. The summed E-state index contributed by atoms with van der Waals surface area (Å²) in [5.74, 6) is 0.946. The van der Waals surface area contributed by atoms with Gasteiger partial charge in [0.15, 0.2) is 0 Å². The van der Waals surface area contributed by atoms with Gasteiger partial charge in [0.05, 0.1) is 18.0 Å². The zero-order valence-electron chi connectivity index (χ0n) is 19.2. The van der Waals surface area contributed by atoms with Crippen LogP contribution in [0.5, 0.6) is 5.75 Å². The van der Waals surface area contributed by atoms with Crippen LogP contribution in [0.15, 0.2) is 53.4 Å². The highest BCUT2D eigenvalue weighted by atomic mass is 32.2. The Labute approximate surface area is 191 Å². The van der Waals surface area contributed by atoms with E-state index in [0.717, 1.165) is 12.0 Å². The van der Waals surface area contributed by atoms with Gasteiger partial charge in [-0.05, 0) is 49.1 Å². The number of carbonyl (C=O) groups is 1. The number of hydrogen-bond acceptors (Lipinski definition) is 5. The average Bonchev–Trinajstić information content (AvgIpc) is 2.83. The molecule has 0 aliphatic carbocycles. The van der Waals surface area contributed by atoms with Crippen LogP contribution in [0.1, 0.15) is 38.7 Å². The third-order valence-electron chi connectivity index (χ3n) is 6.24. The largest absolute Gasteiger partial charge is 0.497 e.